The number of benzene rings is 1. The molecule has 6 heteroatoms. The largest absolute Gasteiger partial charge is 0.478 e. The lowest BCUT2D eigenvalue weighted by Crippen LogP contribution is -2.25. The van der Waals surface area contributed by atoms with Crippen molar-refractivity contribution in [3.05, 3.63) is 29.6 Å². The van der Waals surface area contributed by atoms with Crippen molar-refractivity contribution in [2.45, 2.75) is 11.8 Å². The average molecular weight is 258 g/mol. The Bertz CT molecular complexity index is 492. The normalized spacial score (nSPS) is 19.8. The number of hydrogen-bond acceptors (Lipinski definition) is 2. The molecule has 1 aliphatic rings. The lowest BCUT2D eigenvalue weighted by atomic mass is 10.2. The molecule has 0 aromatic heterocycles. The summed E-state index contributed by atoms with van der Waals surface area (Å²) in [4.78, 5) is 23.7. The maximum atomic E-state index is 13.2. The molecule has 0 bridgehead atoms. The summed E-state index contributed by atoms with van der Waals surface area (Å²) in [5.41, 5.74) is -0.0923. The van der Waals surface area contributed by atoms with E-state index in [9.17, 15) is 14.0 Å². The van der Waals surface area contributed by atoms with E-state index in [1.165, 1.54) is 11.0 Å². The molecule has 1 atom stereocenters. The summed E-state index contributed by atoms with van der Waals surface area (Å²) in [5.74, 6) is -2.37. The summed E-state index contributed by atoms with van der Waals surface area (Å²) in [5, 5.41) is 8.49. The van der Waals surface area contributed by atoms with Crippen molar-refractivity contribution < 1.29 is 19.1 Å². The molecule has 0 radical (unpaired) electrons. The summed E-state index contributed by atoms with van der Waals surface area (Å²) in [6.45, 7) is 0.311. The second kappa shape index (κ2) is 4.33. The molecule has 90 valence electrons. The molecule has 1 saturated heterocycles. The number of carboxylic acid groups (broad SMARTS) is 1. The molecule has 2 rings (SSSR count). The predicted molar refractivity (Wildman–Crippen MR) is 60.0 cm³/mol. The van der Waals surface area contributed by atoms with Crippen LogP contribution in [0.2, 0.25) is 0 Å². The van der Waals surface area contributed by atoms with Crippen molar-refractivity contribution in [1.29, 1.82) is 0 Å². The maximum Gasteiger partial charge on any atom is 0.338 e. The number of carbonyl (C=O) groups excluding carboxylic acids is 1. The minimum Gasteiger partial charge on any atom is -0.478 e. The van der Waals surface area contributed by atoms with E-state index in [0.29, 0.717) is 12.2 Å². The monoisotopic (exact) mass is 257 g/mol. The number of rotatable bonds is 2. The molecule has 1 aromatic rings. The Labute approximate surface area is 102 Å². The molecule has 0 saturated carbocycles. The van der Waals surface area contributed by atoms with E-state index < -0.39 is 17.3 Å². The Hall–Kier alpha value is -1.62. The zero-order valence-electron chi connectivity index (χ0n) is 8.69. The molecule has 17 heavy (non-hydrogen) atoms. The third-order valence-electron chi connectivity index (χ3n) is 2.57. The first-order valence-corrected chi connectivity index (χ1v) is 5.40. The Balaban J connectivity index is 2.37. The Morgan fingerprint density at radius 2 is 2.24 bits per heavy atom. The van der Waals surface area contributed by atoms with Crippen LogP contribution in [-0.4, -0.2) is 28.9 Å². The smallest absolute Gasteiger partial charge is 0.338 e. The van der Waals surface area contributed by atoms with Crippen LogP contribution in [0.1, 0.15) is 16.8 Å². The zero-order valence-corrected chi connectivity index (χ0v) is 9.45. The maximum absolute atomic E-state index is 13.2. The second-order valence-corrected chi connectivity index (χ2v) is 4.39. The highest BCUT2D eigenvalue weighted by Crippen LogP contribution is 2.26. The summed E-state index contributed by atoms with van der Waals surface area (Å²) >= 11 is 5.83. The highest BCUT2D eigenvalue weighted by Gasteiger charge is 2.29. The van der Waals surface area contributed by atoms with Gasteiger partial charge in [0.05, 0.1) is 10.9 Å². The van der Waals surface area contributed by atoms with Gasteiger partial charge in [0, 0.05) is 18.7 Å². The fraction of sp³-hybridized carbons (Fsp3) is 0.273. The van der Waals surface area contributed by atoms with Gasteiger partial charge in [-0.25, -0.2) is 9.18 Å². The van der Waals surface area contributed by atoms with Crippen molar-refractivity contribution in [3.63, 3.8) is 0 Å². The van der Waals surface area contributed by atoms with Crippen molar-refractivity contribution >= 4 is 29.2 Å². The van der Waals surface area contributed by atoms with Gasteiger partial charge < -0.3 is 10.0 Å². The highest BCUT2D eigenvalue weighted by molar-refractivity contribution is 6.24. The van der Waals surface area contributed by atoms with Gasteiger partial charge in [0.2, 0.25) is 5.91 Å². The molecule has 1 aromatic carbocycles. The summed E-state index contributed by atoms with van der Waals surface area (Å²) < 4.78 is 13.2. The lowest BCUT2D eigenvalue weighted by Gasteiger charge is -2.16. The molecular weight excluding hydrogens is 249 g/mol. The molecule has 0 spiro atoms. The molecule has 1 amide bonds. The zero-order chi connectivity index (χ0) is 12.6. The van der Waals surface area contributed by atoms with E-state index in [0.717, 1.165) is 12.1 Å². The Kier molecular flexibility index (Phi) is 3.02. The van der Waals surface area contributed by atoms with Crippen LogP contribution < -0.4 is 4.90 Å². The molecule has 1 fully saturated rings. The van der Waals surface area contributed by atoms with Crippen molar-refractivity contribution in [2.75, 3.05) is 11.4 Å². The number of anilines is 1. The number of carboxylic acids is 1. The Morgan fingerprint density at radius 1 is 1.53 bits per heavy atom. The predicted octanol–water partition coefficient (Wildman–Crippen LogP) is 1.87. The van der Waals surface area contributed by atoms with E-state index in [2.05, 4.69) is 0 Å². The van der Waals surface area contributed by atoms with Gasteiger partial charge in [0.25, 0.3) is 0 Å². The molecule has 0 aliphatic carbocycles. The topological polar surface area (TPSA) is 57.6 Å². The van der Waals surface area contributed by atoms with Crippen molar-refractivity contribution in [1.82, 2.24) is 0 Å². The summed E-state index contributed by atoms with van der Waals surface area (Å²) in [6, 6.07) is 3.55. The highest BCUT2D eigenvalue weighted by atomic mass is 35.5. The fourth-order valence-corrected chi connectivity index (χ4v) is 2.03. The van der Waals surface area contributed by atoms with Crippen LogP contribution in [-0.2, 0) is 4.79 Å². The molecule has 4 nitrogen and oxygen atoms in total. The number of halogens is 2. The van der Waals surface area contributed by atoms with E-state index in [1.54, 1.807) is 0 Å². The van der Waals surface area contributed by atoms with Crippen LogP contribution in [0.4, 0.5) is 10.1 Å². The van der Waals surface area contributed by atoms with Gasteiger partial charge in [-0.3, -0.25) is 4.79 Å². The summed E-state index contributed by atoms with van der Waals surface area (Å²) in [6.07, 6.45) is 0.210. The van der Waals surface area contributed by atoms with E-state index >= 15 is 0 Å². The van der Waals surface area contributed by atoms with Crippen LogP contribution in [0.15, 0.2) is 18.2 Å². The minimum atomic E-state index is -1.36. The quantitative estimate of drug-likeness (QED) is 0.823. The molecule has 1 heterocycles. The van der Waals surface area contributed by atoms with Gasteiger partial charge >= 0.3 is 5.97 Å². The number of alkyl halides is 1. The van der Waals surface area contributed by atoms with Gasteiger partial charge in [-0.15, -0.1) is 11.6 Å². The molecule has 1 aliphatic heterocycles. The SMILES string of the molecule is O=C(O)c1cc(N2CC(Cl)CC2=O)ccc1F. The number of amides is 1. The first-order valence-electron chi connectivity index (χ1n) is 4.96. The third kappa shape index (κ3) is 2.24. The van der Waals surface area contributed by atoms with Gasteiger partial charge in [0.15, 0.2) is 0 Å². The van der Waals surface area contributed by atoms with Gasteiger partial charge in [-0.2, -0.15) is 0 Å². The van der Waals surface area contributed by atoms with Gasteiger partial charge in [-0.1, -0.05) is 0 Å². The van der Waals surface area contributed by atoms with Crippen molar-refractivity contribution in [2.24, 2.45) is 0 Å². The second-order valence-electron chi connectivity index (χ2n) is 3.78. The van der Waals surface area contributed by atoms with Gasteiger partial charge in [-0.05, 0) is 18.2 Å². The lowest BCUT2D eigenvalue weighted by molar-refractivity contribution is -0.117. The van der Waals surface area contributed by atoms with E-state index in [-0.39, 0.29) is 17.7 Å². The third-order valence-corrected chi connectivity index (χ3v) is 2.86. The number of nitrogens with zero attached hydrogens (tertiary/aromatic N) is 1. The fourth-order valence-electron chi connectivity index (χ4n) is 1.76. The first-order chi connectivity index (χ1) is 7.99. The first kappa shape index (κ1) is 11.9. The molecular formula is C11H9ClFNO3. The van der Waals surface area contributed by atoms with Crippen LogP contribution in [0.25, 0.3) is 0 Å². The number of aromatic carboxylic acids is 1. The summed E-state index contributed by atoms with van der Waals surface area (Å²) in [7, 11) is 0. The minimum absolute atomic E-state index is 0.187. The van der Waals surface area contributed by atoms with E-state index in [1.807, 2.05) is 0 Å². The number of carbonyl (C=O) groups is 2. The number of hydrogen-bond donors (Lipinski definition) is 1. The van der Waals surface area contributed by atoms with Gasteiger partial charge in [0.1, 0.15) is 5.82 Å². The van der Waals surface area contributed by atoms with Crippen molar-refractivity contribution in [3.8, 4) is 0 Å². The average Bonchev–Trinajstić information content (AvgIpc) is 2.58. The molecule has 1 N–H and O–H groups in total. The Morgan fingerprint density at radius 3 is 2.76 bits per heavy atom. The van der Waals surface area contributed by atoms with E-state index in [4.69, 9.17) is 16.7 Å². The molecule has 1 unspecified atom stereocenters. The van der Waals surface area contributed by atoms with Crippen LogP contribution in [0, 0.1) is 5.82 Å². The van der Waals surface area contributed by atoms with Crippen LogP contribution in [0.3, 0.4) is 0 Å². The van der Waals surface area contributed by atoms with Crippen LogP contribution >= 0.6 is 11.6 Å². The van der Waals surface area contributed by atoms with Crippen LogP contribution in [0.5, 0.6) is 0 Å². The standard InChI is InChI=1S/C11H9ClFNO3/c12-6-3-10(15)14(5-6)7-1-2-9(13)8(4-7)11(16)17/h1-2,4,6H,3,5H2,(H,16,17).